The van der Waals surface area contributed by atoms with E-state index in [0.717, 1.165) is 33.5 Å². The average Bonchev–Trinajstić information content (AvgIpc) is 3.05. The Morgan fingerprint density at radius 1 is 1.22 bits per heavy atom. The van der Waals surface area contributed by atoms with Crippen molar-refractivity contribution in [2.24, 2.45) is 0 Å². The van der Waals surface area contributed by atoms with Gasteiger partial charge in [0.15, 0.2) is 0 Å². The van der Waals surface area contributed by atoms with E-state index >= 15 is 0 Å². The fourth-order valence-electron chi connectivity index (χ4n) is 3.99. The number of aromatic amines is 1. The van der Waals surface area contributed by atoms with Crippen molar-refractivity contribution in [2.45, 2.75) is 31.8 Å². The summed E-state index contributed by atoms with van der Waals surface area (Å²) in [5.41, 5.74) is 3.56. The standard InChI is InChI=1S/C22H24N2O3/c1-4-27-15-10-11-18-16(12-15)17-13-22(2,21(25)26-3)24-19(20(17)23-18)14-8-6-5-7-9-14/h5-12,19,23-24H,4,13H2,1-3H3. The van der Waals surface area contributed by atoms with Gasteiger partial charge in [-0.25, -0.2) is 0 Å². The SMILES string of the molecule is CCOc1ccc2[nH]c3c(c2c1)CC(C)(C(=O)OC)NC3c1ccccc1. The van der Waals surface area contributed by atoms with Crippen LogP contribution in [0.15, 0.2) is 48.5 Å². The van der Waals surface area contributed by atoms with Crippen molar-refractivity contribution in [2.75, 3.05) is 13.7 Å². The van der Waals surface area contributed by atoms with E-state index in [2.05, 4.69) is 28.5 Å². The Kier molecular flexibility index (Phi) is 4.40. The monoisotopic (exact) mass is 364 g/mol. The van der Waals surface area contributed by atoms with Gasteiger partial charge in [0.2, 0.25) is 0 Å². The number of rotatable bonds is 4. The molecule has 0 amide bonds. The van der Waals surface area contributed by atoms with E-state index in [1.54, 1.807) is 0 Å². The summed E-state index contributed by atoms with van der Waals surface area (Å²) in [7, 11) is 1.44. The lowest BCUT2D eigenvalue weighted by Crippen LogP contribution is -2.56. The molecule has 0 saturated heterocycles. The van der Waals surface area contributed by atoms with Crippen LogP contribution in [0, 0.1) is 0 Å². The number of esters is 1. The zero-order valence-corrected chi connectivity index (χ0v) is 15.8. The van der Waals surface area contributed by atoms with Gasteiger partial charge in [0, 0.05) is 23.0 Å². The van der Waals surface area contributed by atoms with Gasteiger partial charge in [0.1, 0.15) is 11.3 Å². The summed E-state index contributed by atoms with van der Waals surface area (Å²) in [5.74, 6) is 0.575. The van der Waals surface area contributed by atoms with Crippen LogP contribution in [-0.2, 0) is 16.0 Å². The second kappa shape index (κ2) is 6.74. The van der Waals surface area contributed by atoms with Crippen LogP contribution in [0.25, 0.3) is 10.9 Å². The number of carbonyl (C=O) groups is 1. The second-order valence-electron chi connectivity index (χ2n) is 7.15. The van der Waals surface area contributed by atoms with Crippen LogP contribution in [0.4, 0.5) is 0 Å². The van der Waals surface area contributed by atoms with Gasteiger partial charge in [0.25, 0.3) is 0 Å². The number of H-pyrrole nitrogens is 1. The summed E-state index contributed by atoms with van der Waals surface area (Å²) in [6.07, 6.45) is 0.550. The molecule has 3 aromatic rings. The quantitative estimate of drug-likeness (QED) is 0.693. The van der Waals surface area contributed by atoms with Gasteiger partial charge in [0.05, 0.1) is 19.8 Å². The topological polar surface area (TPSA) is 63.4 Å². The van der Waals surface area contributed by atoms with Crippen molar-refractivity contribution in [1.82, 2.24) is 10.3 Å². The summed E-state index contributed by atoms with van der Waals surface area (Å²) < 4.78 is 10.8. The molecular formula is C22H24N2O3. The first-order chi connectivity index (χ1) is 13.1. The third-order valence-electron chi connectivity index (χ3n) is 5.27. The minimum absolute atomic E-state index is 0.123. The van der Waals surface area contributed by atoms with Crippen LogP contribution in [0.3, 0.4) is 0 Å². The largest absolute Gasteiger partial charge is 0.494 e. The Morgan fingerprint density at radius 2 is 2.00 bits per heavy atom. The van der Waals surface area contributed by atoms with Crippen LogP contribution in [0.1, 0.15) is 36.7 Å². The number of fused-ring (bicyclic) bond motifs is 3. The molecule has 5 heteroatoms. The van der Waals surface area contributed by atoms with E-state index in [-0.39, 0.29) is 12.0 Å². The normalized spacial score (nSPS) is 21.7. The van der Waals surface area contributed by atoms with Crippen molar-refractivity contribution < 1.29 is 14.3 Å². The fraction of sp³-hybridized carbons (Fsp3) is 0.318. The molecule has 0 saturated carbocycles. The van der Waals surface area contributed by atoms with E-state index in [0.29, 0.717) is 13.0 Å². The lowest BCUT2D eigenvalue weighted by Gasteiger charge is -2.37. The maximum Gasteiger partial charge on any atom is 0.326 e. The number of hydrogen-bond acceptors (Lipinski definition) is 4. The molecule has 1 aliphatic rings. The highest BCUT2D eigenvalue weighted by molar-refractivity contribution is 5.89. The van der Waals surface area contributed by atoms with Crippen molar-refractivity contribution in [3.05, 3.63) is 65.4 Å². The highest BCUT2D eigenvalue weighted by Crippen LogP contribution is 2.39. The first-order valence-electron chi connectivity index (χ1n) is 9.24. The van der Waals surface area contributed by atoms with Crippen LogP contribution in [0.2, 0.25) is 0 Å². The smallest absolute Gasteiger partial charge is 0.326 e. The minimum Gasteiger partial charge on any atom is -0.494 e. The molecule has 0 bridgehead atoms. The number of carbonyl (C=O) groups excluding carboxylic acids is 1. The zero-order valence-electron chi connectivity index (χ0n) is 15.8. The molecule has 2 unspecified atom stereocenters. The minimum atomic E-state index is -0.807. The first kappa shape index (κ1) is 17.6. The number of aromatic nitrogens is 1. The maximum absolute atomic E-state index is 12.6. The summed E-state index contributed by atoms with van der Waals surface area (Å²) >= 11 is 0. The van der Waals surface area contributed by atoms with Crippen molar-refractivity contribution >= 4 is 16.9 Å². The van der Waals surface area contributed by atoms with Gasteiger partial charge < -0.3 is 14.5 Å². The van der Waals surface area contributed by atoms with E-state index in [9.17, 15) is 4.79 Å². The fourth-order valence-corrected chi connectivity index (χ4v) is 3.99. The van der Waals surface area contributed by atoms with Gasteiger partial charge in [-0.05, 0) is 43.2 Å². The van der Waals surface area contributed by atoms with Crippen molar-refractivity contribution in [3.8, 4) is 5.75 Å². The third-order valence-corrected chi connectivity index (χ3v) is 5.27. The predicted molar refractivity (Wildman–Crippen MR) is 105 cm³/mol. The molecule has 4 rings (SSSR count). The Hall–Kier alpha value is -2.79. The molecule has 0 spiro atoms. The number of hydrogen-bond donors (Lipinski definition) is 2. The van der Waals surface area contributed by atoms with E-state index in [1.165, 1.54) is 7.11 Å². The summed E-state index contributed by atoms with van der Waals surface area (Å²) in [6, 6.07) is 16.1. The Balaban J connectivity index is 1.90. The molecule has 0 fully saturated rings. The predicted octanol–water partition coefficient (Wildman–Crippen LogP) is 3.73. The number of methoxy groups -OCH3 is 1. The lowest BCUT2D eigenvalue weighted by atomic mass is 9.82. The molecule has 1 aromatic heterocycles. The molecule has 5 nitrogen and oxygen atoms in total. The van der Waals surface area contributed by atoms with Crippen LogP contribution >= 0.6 is 0 Å². The lowest BCUT2D eigenvalue weighted by molar-refractivity contribution is -0.148. The molecule has 27 heavy (non-hydrogen) atoms. The summed E-state index contributed by atoms with van der Waals surface area (Å²) in [4.78, 5) is 16.1. The highest BCUT2D eigenvalue weighted by Gasteiger charge is 2.43. The number of benzene rings is 2. The molecule has 2 aromatic carbocycles. The average molecular weight is 364 g/mol. The van der Waals surface area contributed by atoms with E-state index in [4.69, 9.17) is 9.47 Å². The molecule has 2 heterocycles. The Labute approximate surface area is 158 Å². The zero-order chi connectivity index (χ0) is 19.0. The summed E-state index contributed by atoms with van der Waals surface area (Å²) in [5, 5.41) is 4.61. The molecule has 2 N–H and O–H groups in total. The highest BCUT2D eigenvalue weighted by atomic mass is 16.5. The van der Waals surface area contributed by atoms with Gasteiger partial charge in [-0.1, -0.05) is 30.3 Å². The summed E-state index contributed by atoms with van der Waals surface area (Å²) in [6.45, 7) is 4.50. The van der Waals surface area contributed by atoms with E-state index < -0.39 is 5.54 Å². The van der Waals surface area contributed by atoms with Crippen LogP contribution in [0.5, 0.6) is 5.75 Å². The molecule has 2 atom stereocenters. The number of nitrogens with one attached hydrogen (secondary N) is 2. The molecular weight excluding hydrogens is 340 g/mol. The third kappa shape index (κ3) is 2.98. The molecule has 0 radical (unpaired) electrons. The Bertz CT molecular complexity index is 980. The second-order valence-corrected chi connectivity index (χ2v) is 7.15. The van der Waals surface area contributed by atoms with E-state index in [1.807, 2.05) is 44.2 Å². The molecule has 0 aliphatic carbocycles. The van der Waals surface area contributed by atoms with Crippen molar-refractivity contribution in [1.29, 1.82) is 0 Å². The van der Waals surface area contributed by atoms with Crippen molar-refractivity contribution in [3.63, 3.8) is 0 Å². The van der Waals surface area contributed by atoms with Gasteiger partial charge in [-0.2, -0.15) is 0 Å². The van der Waals surface area contributed by atoms with Gasteiger partial charge in [-0.3, -0.25) is 10.1 Å². The molecule has 1 aliphatic heterocycles. The van der Waals surface area contributed by atoms with Gasteiger partial charge >= 0.3 is 5.97 Å². The number of ether oxygens (including phenoxy) is 2. The first-order valence-corrected chi connectivity index (χ1v) is 9.24. The maximum atomic E-state index is 12.6. The van der Waals surface area contributed by atoms with Crippen LogP contribution in [-0.4, -0.2) is 30.2 Å². The Morgan fingerprint density at radius 3 is 2.70 bits per heavy atom. The van der Waals surface area contributed by atoms with Crippen LogP contribution < -0.4 is 10.1 Å². The molecule has 140 valence electrons. The van der Waals surface area contributed by atoms with Gasteiger partial charge in [-0.15, -0.1) is 0 Å².